The average molecular weight is 324 g/mol. The first-order valence-corrected chi connectivity index (χ1v) is 8.24. The molecule has 1 saturated carbocycles. The molecule has 0 radical (unpaired) electrons. The molecular formula is C17H26ClN3O. The molecule has 1 N–H and O–H groups in total. The Kier molecular flexibility index (Phi) is 6.65. The van der Waals surface area contributed by atoms with E-state index in [-0.39, 0.29) is 18.4 Å². The lowest BCUT2D eigenvalue weighted by atomic mass is 9.86. The van der Waals surface area contributed by atoms with Gasteiger partial charge < -0.3 is 10.2 Å². The molecule has 1 saturated heterocycles. The molecule has 5 heteroatoms. The van der Waals surface area contributed by atoms with E-state index in [1.807, 2.05) is 12.3 Å². The van der Waals surface area contributed by atoms with Gasteiger partial charge in [-0.25, -0.2) is 0 Å². The van der Waals surface area contributed by atoms with Crippen LogP contribution in [0.2, 0.25) is 0 Å². The molecule has 122 valence electrons. The van der Waals surface area contributed by atoms with Gasteiger partial charge in [0.05, 0.1) is 6.04 Å². The Balaban J connectivity index is 0.00000176. The molecule has 2 heterocycles. The Labute approximate surface area is 139 Å². The van der Waals surface area contributed by atoms with E-state index in [4.69, 9.17) is 0 Å². The van der Waals surface area contributed by atoms with E-state index in [1.54, 1.807) is 6.20 Å². The minimum atomic E-state index is 0. The lowest BCUT2D eigenvalue weighted by Crippen LogP contribution is -2.49. The Morgan fingerprint density at radius 1 is 1.32 bits per heavy atom. The number of carbonyl (C=O) groups excluding carboxylic acids is 1. The third-order valence-electron chi connectivity index (χ3n) is 4.82. The van der Waals surface area contributed by atoms with Gasteiger partial charge in [0.2, 0.25) is 5.91 Å². The number of amides is 1. The molecular weight excluding hydrogens is 298 g/mol. The number of hydrogen-bond donors (Lipinski definition) is 1. The molecule has 1 unspecified atom stereocenters. The van der Waals surface area contributed by atoms with Crippen LogP contribution in [0.25, 0.3) is 0 Å². The van der Waals surface area contributed by atoms with E-state index in [0.717, 1.165) is 31.6 Å². The van der Waals surface area contributed by atoms with Gasteiger partial charge in [-0.2, -0.15) is 0 Å². The van der Waals surface area contributed by atoms with E-state index in [0.29, 0.717) is 11.8 Å². The minimum Gasteiger partial charge on any atom is -0.333 e. The number of rotatable bonds is 3. The lowest BCUT2D eigenvalue weighted by molar-refractivity contribution is -0.135. The summed E-state index contributed by atoms with van der Waals surface area (Å²) in [6.45, 7) is 2.54. The van der Waals surface area contributed by atoms with Crippen molar-refractivity contribution >= 4 is 18.3 Å². The van der Waals surface area contributed by atoms with Crippen LogP contribution in [0, 0.1) is 5.92 Å². The van der Waals surface area contributed by atoms with Gasteiger partial charge in [0.1, 0.15) is 0 Å². The zero-order valence-corrected chi connectivity index (χ0v) is 13.9. The number of carbonyl (C=O) groups is 1. The number of hydrogen-bond acceptors (Lipinski definition) is 3. The number of piperazine rings is 1. The van der Waals surface area contributed by atoms with Crippen LogP contribution in [0.5, 0.6) is 0 Å². The highest BCUT2D eigenvalue weighted by Crippen LogP contribution is 2.29. The number of nitrogens with one attached hydrogen (secondary N) is 1. The van der Waals surface area contributed by atoms with Crippen LogP contribution in [-0.4, -0.2) is 35.4 Å². The molecule has 1 amide bonds. The Hall–Kier alpha value is -1.13. The van der Waals surface area contributed by atoms with Gasteiger partial charge in [-0.05, 0) is 30.4 Å². The van der Waals surface area contributed by atoms with Crippen LogP contribution < -0.4 is 5.32 Å². The normalized spacial score (nSPS) is 22.9. The van der Waals surface area contributed by atoms with Crippen molar-refractivity contribution in [3.63, 3.8) is 0 Å². The Morgan fingerprint density at radius 2 is 2.14 bits per heavy atom. The Bertz CT molecular complexity index is 462. The van der Waals surface area contributed by atoms with Crippen molar-refractivity contribution in [3.8, 4) is 0 Å². The summed E-state index contributed by atoms with van der Waals surface area (Å²) < 4.78 is 0. The van der Waals surface area contributed by atoms with E-state index >= 15 is 0 Å². The van der Waals surface area contributed by atoms with Crippen LogP contribution >= 0.6 is 12.4 Å². The summed E-state index contributed by atoms with van der Waals surface area (Å²) in [6, 6.07) is 4.17. The summed E-state index contributed by atoms with van der Waals surface area (Å²) >= 11 is 0. The zero-order valence-electron chi connectivity index (χ0n) is 13.0. The van der Waals surface area contributed by atoms with Crippen molar-refractivity contribution in [1.29, 1.82) is 0 Å². The summed E-state index contributed by atoms with van der Waals surface area (Å²) in [5.41, 5.74) is 1.14. The molecule has 1 aliphatic carbocycles. The molecule has 0 bridgehead atoms. The SMILES string of the molecule is Cl.O=C(CC1CCCCC1)N1CCNCC1c1cccnc1. The highest BCUT2D eigenvalue weighted by Gasteiger charge is 2.29. The second-order valence-electron chi connectivity index (χ2n) is 6.30. The van der Waals surface area contributed by atoms with E-state index in [9.17, 15) is 4.79 Å². The summed E-state index contributed by atoms with van der Waals surface area (Å²) in [7, 11) is 0. The Morgan fingerprint density at radius 3 is 2.86 bits per heavy atom. The fourth-order valence-corrected chi connectivity index (χ4v) is 3.63. The van der Waals surface area contributed by atoms with Crippen molar-refractivity contribution in [2.45, 2.75) is 44.6 Å². The molecule has 1 aromatic rings. The van der Waals surface area contributed by atoms with Gasteiger partial charge in [0.25, 0.3) is 0 Å². The first-order valence-electron chi connectivity index (χ1n) is 8.24. The second kappa shape index (κ2) is 8.49. The highest BCUT2D eigenvalue weighted by atomic mass is 35.5. The van der Waals surface area contributed by atoms with Crippen LogP contribution in [0.3, 0.4) is 0 Å². The van der Waals surface area contributed by atoms with Crippen molar-refractivity contribution in [3.05, 3.63) is 30.1 Å². The van der Waals surface area contributed by atoms with Crippen LogP contribution in [-0.2, 0) is 4.79 Å². The van der Waals surface area contributed by atoms with E-state index in [1.165, 1.54) is 32.1 Å². The molecule has 0 spiro atoms. The van der Waals surface area contributed by atoms with Gasteiger partial charge in [-0.1, -0.05) is 25.3 Å². The molecule has 1 aliphatic heterocycles. The van der Waals surface area contributed by atoms with Crippen molar-refractivity contribution < 1.29 is 4.79 Å². The fourth-order valence-electron chi connectivity index (χ4n) is 3.63. The number of pyridine rings is 1. The average Bonchev–Trinajstić information content (AvgIpc) is 2.56. The maximum Gasteiger partial charge on any atom is 0.223 e. The maximum absolute atomic E-state index is 12.7. The smallest absolute Gasteiger partial charge is 0.223 e. The predicted octanol–water partition coefficient (Wildman–Crippen LogP) is 2.95. The van der Waals surface area contributed by atoms with Crippen LogP contribution in [0.4, 0.5) is 0 Å². The van der Waals surface area contributed by atoms with E-state index in [2.05, 4.69) is 21.3 Å². The van der Waals surface area contributed by atoms with Gasteiger partial charge in [0.15, 0.2) is 0 Å². The minimum absolute atomic E-state index is 0. The van der Waals surface area contributed by atoms with Gasteiger partial charge in [-0.3, -0.25) is 9.78 Å². The molecule has 3 rings (SSSR count). The third-order valence-corrected chi connectivity index (χ3v) is 4.82. The monoisotopic (exact) mass is 323 g/mol. The van der Waals surface area contributed by atoms with E-state index < -0.39 is 0 Å². The fraction of sp³-hybridized carbons (Fsp3) is 0.647. The van der Waals surface area contributed by atoms with Crippen molar-refractivity contribution in [1.82, 2.24) is 15.2 Å². The highest BCUT2D eigenvalue weighted by molar-refractivity contribution is 5.85. The summed E-state index contributed by atoms with van der Waals surface area (Å²) in [6.07, 6.45) is 10.8. The topological polar surface area (TPSA) is 45.2 Å². The van der Waals surface area contributed by atoms with Crippen LogP contribution in [0.1, 0.15) is 50.1 Å². The largest absolute Gasteiger partial charge is 0.333 e. The number of aromatic nitrogens is 1. The molecule has 22 heavy (non-hydrogen) atoms. The third kappa shape index (κ3) is 4.20. The second-order valence-corrected chi connectivity index (χ2v) is 6.30. The molecule has 2 aliphatic rings. The lowest BCUT2D eigenvalue weighted by Gasteiger charge is -2.37. The maximum atomic E-state index is 12.7. The number of halogens is 1. The van der Waals surface area contributed by atoms with Gasteiger partial charge >= 0.3 is 0 Å². The zero-order chi connectivity index (χ0) is 14.5. The quantitative estimate of drug-likeness (QED) is 0.930. The van der Waals surface area contributed by atoms with Crippen molar-refractivity contribution in [2.24, 2.45) is 5.92 Å². The standard InChI is InChI=1S/C17H25N3O.ClH/c21-17(11-14-5-2-1-3-6-14)20-10-9-19-13-16(20)15-7-4-8-18-12-15;/h4,7-8,12,14,16,19H,1-3,5-6,9-11,13H2;1H. The first kappa shape index (κ1) is 17.2. The first-order chi connectivity index (χ1) is 10.3. The predicted molar refractivity (Wildman–Crippen MR) is 90.0 cm³/mol. The summed E-state index contributed by atoms with van der Waals surface area (Å²) in [5.74, 6) is 0.938. The van der Waals surface area contributed by atoms with Gasteiger partial charge in [-0.15, -0.1) is 12.4 Å². The van der Waals surface area contributed by atoms with Gasteiger partial charge in [0, 0.05) is 38.4 Å². The molecule has 1 atom stereocenters. The van der Waals surface area contributed by atoms with Crippen LogP contribution in [0.15, 0.2) is 24.5 Å². The summed E-state index contributed by atoms with van der Waals surface area (Å²) in [5, 5.41) is 3.40. The molecule has 1 aromatic heterocycles. The number of nitrogens with zero attached hydrogens (tertiary/aromatic N) is 2. The molecule has 4 nitrogen and oxygen atoms in total. The molecule has 0 aromatic carbocycles. The summed E-state index contributed by atoms with van der Waals surface area (Å²) in [4.78, 5) is 19.0. The van der Waals surface area contributed by atoms with Crippen molar-refractivity contribution in [2.75, 3.05) is 19.6 Å². The molecule has 2 fully saturated rings.